The summed E-state index contributed by atoms with van der Waals surface area (Å²) in [5, 5.41) is 6.49. The van der Waals surface area contributed by atoms with Crippen molar-refractivity contribution in [3.8, 4) is 0 Å². The minimum absolute atomic E-state index is 0.849. The van der Waals surface area contributed by atoms with Crippen LogP contribution in [-0.2, 0) is 6.42 Å². The first-order valence-electron chi connectivity index (χ1n) is 5.01. The lowest BCUT2D eigenvalue weighted by molar-refractivity contribution is 0.959. The zero-order valence-corrected chi connectivity index (χ0v) is 11.3. The SMILES string of the molecule is Cc1nc(CCNc2cccc(Br)n2)cs1. The standard InChI is InChI=1S/C11H12BrN3S/c1-8-14-9(7-16-8)5-6-13-11-4-2-3-10(12)15-11/h2-4,7H,5-6H2,1H3,(H,13,15). The number of hydrogen-bond donors (Lipinski definition) is 1. The predicted octanol–water partition coefficient (Wildman–Crippen LogP) is 3.26. The highest BCUT2D eigenvalue weighted by Crippen LogP contribution is 2.11. The summed E-state index contributed by atoms with van der Waals surface area (Å²) in [4.78, 5) is 8.71. The van der Waals surface area contributed by atoms with Gasteiger partial charge in [-0.05, 0) is 35.0 Å². The molecule has 0 radical (unpaired) electrons. The molecule has 0 spiro atoms. The Bertz CT molecular complexity index is 470. The van der Waals surface area contributed by atoms with Gasteiger partial charge in [0, 0.05) is 18.3 Å². The van der Waals surface area contributed by atoms with E-state index >= 15 is 0 Å². The number of nitrogens with zero attached hydrogens (tertiary/aromatic N) is 2. The maximum atomic E-state index is 4.41. The van der Waals surface area contributed by atoms with Crippen molar-refractivity contribution in [2.45, 2.75) is 13.3 Å². The summed E-state index contributed by atoms with van der Waals surface area (Å²) in [6.07, 6.45) is 0.929. The van der Waals surface area contributed by atoms with Gasteiger partial charge in [0.25, 0.3) is 0 Å². The van der Waals surface area contributed by atoms with E-state index in [-0.39, 0.29) is 0 Å². The van der Waals surface area contributed by atoms with Crippen molar-refractivity contribution in [1.29, 1.82) is 0 Å². The number of rotatable bonds is 4. The molecule has 0 saturated carbocycles. The molecule has 16 heavy (non-hydrogen) atoms. The molecule has 0 saturated heterocycles. The maximum Gasteiger partial charge on any atom is 0.127 e. The van der Waals surface area contributed by atoms with E-state index in [1.165, 1.54) is 0 Å². The zero-order chi connectivity index (χ0) is 11.4. The average Bonchev–Trinajstić information content (AvgIpc) is 2.64. The summed E-state index contributed by atoms with van der Waals surface area (Å²) in [5.74, 6) is 0.890. The Balaban J connectivity index is 1.84. The fourth-order valence-corrected chi connectivity index (χ4v) is 2.34. The van der Waals surface area contributed by atoms with Gasteiger partial charge in [-0.1, -0.05) is 6.07 Å². The van der Waals surface area contributed by atoms with E-state index in [1.54, 1.807) is 11.3 Å². The number of aryl methyl sites for hydroxylation is 1. The summed E-state index contributed by atoms with van der Waals surface area (Å²) in [6.45, 7) is 2.88. The van der Waals surface area contributed by atoms with E-state index in [0.717, 1.165) is 34.1 Å². The van der Waals surface area contributed by atoms with Crippen molar-refractivity contribution < 1.29 is 0 Å². The molecular formula is C11H12BrN3S. The Labute approximate surface area is 107 Å². The molecule has 0 amide bonds. The second kappa shape index (κ2) is 5.41. The molecule has 2 aromatic rings. The highest BCUT2D eigenvalue weighted by Gasteiger charge is 1.98. The first-order valence-corrected chi connectivity index (χ1v) is 6.69. The Morgan fingerprint density at radius 2 is 2.25 bits per heavy atom. The maximum absolute atomic E-state index is 4.41. The zero-order valence-electron chi connectivity index (χ0n) is 8.90. The van der Waals surface area contributed by atoms with Crippen LogP contribution in [0.15, 0.2) is 28.2 Å². The molecule has 0 aliphatic heterocycles. The first-order chi connectivity index (χ1) is 7.74. The summed E-state index contributed by atoms with van der Waals surface area (Å²) in [7, 11) is 0. The molecule has 1 N–H and O–H groups in total. The third-order valence-electron chi connectivity index (χ3n) is 2.07. The summed E-state index contributed by atoms with van der Waals surface area (Å²) in [5.41, 5.74) is 1.14. The van der Waals surface area contributed by atoms with E-state index in [2.05, 4.69) is 36.6 Å². The highest BCUT2D eigenvalue weighted by molar-refractivity contribution is 9.10. The van der Waals surface area contributed by atoms with Crippen molar-refractivity contribution in [3.63, 3.8) is 0 Å². The number of hydrogen-bond acceptors (Lipinski definition) is 4. The van der Waals surface area contributed by atoms with Gasteiger partial charge in [-0.25, -0.2) is 9.97 Å². The Morgan fingerprint density at radius 1 is 1.38 bits per heavy atom. The molecule has 0 unspecified atom stereocenters. The number of aromatic nitrogens is 2. The number of halogens is 1. The van der Waals surface area contributed by atoms with E-state index < -0.39 is 0 Å². The van der Waals surface area contributed by atoms with E-state index in [9.17, 15) is 0 Å². The minimum atomic E-state index is 0.849. The summed E-state index contributed by atoms with van der Waals surface area (Å²) in [6, 6.07) is 5.83. The largest absolute Gasteiger partial charge is 0.370 e. The quantitative estimate of drug-likeness (QED) is 0.880. The Kier molecular flexibility index (Phi) is 3.90. The van der Waals surface area contributed by atoms with Crippen LogP contribution in [0, 0.1) is 6.92 Å². The molecule has 0 aliphatic carbocycles. The van der Waals surface area contributed by atoms with Gasteiger partial charge in [0.1, 0.15) is 10.4 Å². The van der Waals surface area contributed by atoms with Crippen LogP contribution in [0.3, 0.4) is 0 Å². The molecule has 2 rings (SSSR count). The van der Waals surface area contributed by atoms with E-state index in [4.69, 9.17) is 0 Å². The lowest BCUT2D eigenvalue weighted by atomic mass is 10.3. The lowest BCUT2D eigenvalue weighted by Gasteiger charge is -2.03. The molecule has 2 aromatic heterocycles. The second-order valence-corrected chi connectivity index (χ2v) is 5.25. The monoisotopic (exact) mass is 297 g/mol. The molecular weight excluding hydrogens is 286 g/mol. The van der Waals surface area contributed by atoms with Crippen LogP contribution in [0.1, 0.15) is 10.7 Å². The van der Waals surface area contributed by atoms with Crippen molar-refractivity contribution >= 4 is 33.1 Å². The van der Waals surface area contributed by atoms with Crippen molar-refractivity contribution in [2.75, 3.05) is 11.9 Å². The molecule has 84 valence electrons. The third-order valence-corrected chi connectivity index (χ3v) is 3.33. The van der Waals surface area contributed by atoms with Crippen LogP contribution < -0.4 is 5.32 Å². The number of nitrogens with one attached hydrogen (secondary N) is 1. The van der Waals surface area contributed by atoms with Crippen LogP contribution in [0.5, 0.6) is 0 Å². The summed E-state index contributed by atoms with van der Waals surface area (Å²) < 4.78 is 0.849. The molecule has 2 heterocycles. The number of thiazole rings is 1. The van der Waals surface area contributed by atoms with Gasteiger partial charge in [0.15, 0.2) is 0 Å². The average molecular weight is 298 g/mol. The van der Waals surface area contributed by atoms with Gasteiger partial charge >= 0.3 is 0 Å². The molecule has 0 aromatic carbocycles. The molecule has 0 aliphatic rings. The van der Waals surface area contributed by atoms with Crippen LogP contribution in [-0.4, -0.2) is 16.5 Å². The Morgan fingerprint density at radius 3 is 2.94 bits per heavy atom. The topological polar surface area (TPSA) is 37.8 Å². The lowest BCUT2D eigenvalue weighted by Crippen LogP contribution is -2.06. The van der Waals surface area contributed by atoms with E-state index in [1.807, 2.05) is 25.1 Å². The molecule has 0 bridgehead atoms. The van der Waals surface area contributed by atoms with Gasteiger partial charge < -0.3 is 5.32 Å². The highest BCUT2D eigenvalue weighted by atomic mass is 79.9. The third kappa shape index (κ3) is 3.28. The molecule has 5 heteroatoms. The Hall–Kier alpha value is -0.940. The molecule has 0 atom stereocenters. The van der Waals surface area contributed by atoms with Crippen LogP contribution in [0.25, 0.3) is 0 Å². The van der Waals surface area contributed by atoms with Crippen molar-refractivity contribution in [1.82, 2.24) is 9.97 Å². The first kappa shape index (κ1) is 11.5. The van der Waals surface area contributed by atoms with Crippen LogP contribution >= 0.6 is 27.3 Å². The van der Waals surface area contributed by atoms with E-state index in [0.29, 0.717) is 0 Å². The van der Waals surface area contributed by atoms with Gasteiger partial charge in [-0.2, -0.15) is 0 Å². The van der Waals surface area contributed by atoms with Gasteiger partial charge in [0.2, 0.25) is 0 Å². The van der Waals surface area contributed by atoms with Gasteiger partial charge in [-0.3, -0.25) is 0 Å². The van der Waals surface area contributed by atoms with Gasteiger partial charge in [0.05, 0.1) is 10.7 Å². The second-order valence-electron chi connectivity index (χ2n) is 3.38. The van der Waals surface area contributed by atoms with Crippen LogP contribution in [0.4, 0.5) is 5.82 Å². The number of pyridine rings is 1. The van der Waals surface area contributed by atoms with Crippen molar-refractivity contribution in [2.24, 2.45) is 0 Å². The van der Waals surface area contributed by atoms with Crippen molar-refractivity contribution in [3.05, 3.63) is 38.9 Å². The fourth-order valence-electron chi connectivity index (χ4n) is 1.35. The normalized spacial score (nSPS) is 10.4. The smallest absolute Gasteiger partial charge is 0.127 e. The number of anilines is 1. The molecule has 3 nitrogen and oxygen atoms in total. The fraction of sp³-hybridized carbons (Fsp3) is 0.273. The predicted molar refractivity (Wildman–Crippen MR) is 71.0 cm³/mol. The van der Waals surface area contributed by atoms with Crippen LogP contribution in [0.2, 0.25) is 0 Å². The van der Waals surface area contributed by atoms with Gasteiger partial charge in [-0.15, -0.1) is 11.3 Å². The molecule has 0 fully saturated rings. The summed E-state index contributed by atoms with van der Waals surface area (Å²) >= 11 is 5.03. The minimum Gasteiger partial charge on any atom is -0.370 e.